The van der Waals surface area contributed by atoms with Gasteiger partial charge in [-0.3, -0.25) is 0 Å². The number of hydrogen-bond acceptors (Lipinski definition) is 5. The van der Waals surface area contributed by atoms with Gasteiger partial charge in [0, 0.05) is 25.0 Å². The molecular weight excluding hydrogens is 352 g/mol. The Balaban J connectivity index is 2.24. The highest BCUT2D eigenvalue weighted by molar-refractivity contribution is 5.80. The highest BCUT2D eigenvalue weighted by Gasteiger charge is 2.12. The van der Waals surface area contributed by atoms with Crippen LogP contribution in [0.15, 0.2) is 54.1 Å². The molecule has 0 aliphatic carbocycles. The van der Waals surface area contributed by atoms with Crippen LogP contribution >= 0.6 is 0 Å². The standard InChI is InChI=1S/C22H20N4O2/c1-4-26(20-9-11-21(12-10-20)28-14-13-27-3)19-7-5-17(6-8-19)22(25-2)18(15-23)16-24/h5-12H,4,13-14H2,1,3H3. The summed E-state index contributed by atoms with van der Waals surface area (Å²) < 4.78 is 10.6. The van der Waals surface area contributed by atoms with Crippen LogP contribution in [0.5, 0.6) is 5.75 Å². The molecule has 0 bridgehead atoms. The molecule has 2 rings (SSSR count). The Bertz CT molecular complexity index is 927. The molecule has 0 radical (unpaired) electrons. The molecule has 0 unspecified atom stereocenters. The second kappa shape index (κ2) is 10.4. The van der Waals surface area contributed by atoms with Crippen LogP contribution < -0.4 is 9.64 Å². The van der Waals surface area contributed by atoms with E-state index < -0.39 is 0 Å². The Morgan fingerprint density at radius 3 is 2.04 bits per heavy atom. The molecule has 2 aromatic rings. The molecule has 140 valence electrons. The minimum absolute atomic E-state index is 0.0668. The first-order valence-corrected chi connectivity index (χ1v) is 8.70. The van der Waals surface area contributed by atoms with E-state index in [9.17, 15) is 0 Å². The second-order valence-corrected chi connectivity index (χ2v) is 5.69. The molecule has 0 saturated carbocycles. The monoisotopic (exact) mass is 372 g/mol. The SMILES string of the molecule is [C-]#[N+]C(=C(C#N)C#N)c1ccc(N(CC)c2ccc(OCCOC)cc2)cc1. The molecule has 0 atom stereocenters. The molecule has 2 aromatic carbocycles. The number of ether oxygens (including phenoxy) is 2. The highest BCUT2D eigenvalue weighted by Crippen LogP contribution is 2.29. The lowest BCUT2D eigenvalue weighted by Gasteiger charge is -2.24. The van der Waals surface area contributed by atoms with E-state index in [1.54, 1.807) is 31.4 Å². The van der Waals surface area contributed by atoms with Gasteiger partial charge in [-0.05, 0) is 48.9 Å². The van der Waals surface area contributed by atoms with Gasteiger partial charge in [-0.25, -0.2) is 4.85 Å². The van der Waals surface area contributed by atoms with Crippen LogP contribution in [-0.4, -0.2) is 26.9 Å². The van der Waals surface area contributed by atoms with E-state index in [0.717, 1.165) is 23.7 Å². The number of hydrogen-bond donors (Lipinski definition) is 0. The summed E-state index contributed by atoms with van der Waals surface area (Å²) in [6.07, 6.45) is 0. The Morgan fingerprint density at radius 1 is 1.00 bits per heavy atom. The largest absolute Gasteiger partial charge is 0.491 e. The van der Waals surface area contributed by atoms with E-state index in [2.05, 4.69) is 9.74 Å². The van der Waals surface area contributed by atoms with Crippen molar-refractivity contribution in [3.63, 3.8) is 0 Å². The fourth-order valence-corrected chi connectivity index (χ4v) is 2.67. The lowest BCUT2D eigenvalue weighted by atomic mass is 10.1. The molecular formula is C22H20N4O2. The van der Waals surface area contributed by atoms with Crippen LogP contribution in [0.25, 0.3) is 10.5 Å². The number of nitriles is 2. The molecule has 0 amide bonds. The fraction of sp³-hybridized carbons (Fsp3) is 0.227. The van der Waals surface area contributed by atoms with Gasteiger partial charge < -0.3 is 14.4 Å². The van der Waals surface area contributed by atoms with Gasteiger partial charge in [-0.1, -0.05) is 12.1 Å². The summed E-state index contributed by atoms with van der Waals surface area (Å²) in [4.78, 5) is 5.45. The van der Waals surface area contributed by atoms with Gasteiger partial charge in [-0.2, -0.15) is 10.5 Å². The average molecular weight is 372 g/mol. The normalized spacial score (nSPS) is 9.54. The number of benzene rings is 2. The third kappa shape index (κ3) is 4.89. The maximum atomic E-state index is 9.01. The van der Waals surface area contributed by atoms with E-state index >= 15 is 0 Å². The smallest absolute Gasteiger partial charge is 0.222 e. The lowest BCUT2D eigenvalue weighted by Crippen LogP contribution is -2.15. The maximum absolute atomic E-state index is 9.01. The number of methoxy groups -OCH3 is 1. The Hall–Kier alpha value is -3.79. The summed E-state index contributed by atoms with van der Waals surface area (Å²) in [5, 5.41) is 18.0. The van der Waals surface area contributed by atoms with Crippen LogP contribution in [-0.2, 0) is 4.74 Å². The van der Waals surface area contributed by atoms with Gasteiger partial charge in [0.05, 0.1) is 25.3 Å². The van der Waals surface area contributed by atoms with E-state index in [1.807, 2.05) is 43.3 Å². The quantitative estimate of drug-likeness (QED) is 0.386. The Morgan fingerprint density at radius 2 is 1.57 bits per heavy atom. The summed E-state index contributed by atoms with van der Waals surface area (Å²) in [7, 11) is 1.63. The van der Waals surface area contributed by atoms with E-state index in [4.69, 9.17) is 26.6 Å². The van der Waals surface area contributed by atoms with Crippen molar-refractivity contribution in [1.82, 2.24) is 0 Å². The van der Waals surface area contributed by atoms with Gasteiger partial charge in [0.1, 0.15) is 17.9 Å². The Labute approximate surface area is 165 Å². The van der Waals surface area contributed by atoms with Crippen molar-refractivity contribution < 1.29 is 9.47 Å². The van der Waals surface area contributed by atoms with Gasteiger partial charge >= 0.3 is 0 Å². The summed E-state index contributed by atoms with van der Waals surface area (Å²) in [6, 6.07) is 18.6. The number of rotatable bonds is 8. The number of allylic oxidation sites excluding steroid dienone is 1. The van der Waals surface area contributed by atoms with E-state index in [-0.39, 0.29) is 11.3 Å². The minimum Gasteiger partial charge on any atom is -0.491 e. The first kappa shape index (κ1) is 20.5. The van der Waals surface area contributed by atoms with E-state index in [0.29, 0.717) is 18.8 Å². The fourth-order valence-electron chi connectivity index (χ4n) is 2.67. The Kier molecular flexibility index (Phi) is 7.61. The first-order chi connectivity index (χ1) is 13.7. The van der Waals surface area contributed by atoms with E-state index in [1.165, 1.54) is 0 Å². The number of anilines is 2. The number of nitrogens with zero attached hydrogens (tertiary/aromatic N) is 4. The molecule has 6 nitrogen and oxygen atoms in total. The molecule has 0 aliphatic heterocycles. The van der Waals surface area contributed by atoms with Crippen molar-refractivity contribution in [3.05, 3.63) is 71.1 Å². The van der Waals surface area contributed by atoms with Crippen LogP contribution in [0, 0.1) is 29.2 Å². The summed E-state index contributed by atoms with van der Waals surface area (Å²) in [6.45, 7) is 11.1. The third-order valence-electron chi connectivity index (χ3n) is 4.05. The van der Waals surface area contributed by atoms with Crippen LogP contribution in [0.4, 0.5) is 11.4 Å². The first-order valence-electron chi connectivity index (χ1n) is 8.70. The average Bonchev–Trinajstić information content (AvgIpc) is 2.74. The van der Waals surface area contributed by atoms with Crippen LogP contribution in [0.2, 0.25) is 0 Å². The molecule has 6 heteroatoms. The van der Waals surface area contributed by atoms with Crippen molar-refractivity contribution in [3.8, 4) is 17.9 Å². The third-order valence-corrected chi connectivity index (χ3v) is 4.05. The molecule has 0 N–H and O–H groups in total. The maximum Gasteiger partial charge on any atom is 0.222 e. The zero-order chi connectivity index (χ0) is 20.4. The topological polar surface area (TPSA) is 73.6 Å². The molecule has 0 heterocycles. The zero-order valence-electron chi connectivity index (χ0n) is 15.8. The van der Waals surface area contributed by atoms with Crippen molar-refractivity contribution in [2.45, 2.75) is 6.92 Å². The van der Waals surface area contributed by atoms with Crippen LogP contribution in [0.3, 0.4) is 0 Å². The van der Waals surface area contributed by atoms with Gasteiger partial charge in [0.15, 0.2) is 0 Å². The van der Waals surface area contributed by atoms with Crippen molar-refractivity contribution in [2.24, 2.45) is 0 Å². The minimum atomic E-state index is -0.181. The van der Waals surface area contributed by atoms with Gasteiger partial charge in [-0.15, -0.1) is 0 Å². The predicted octanol–water partition coefficient (Wildman–Crippen LogP) is 4.55. The summed E-state index contributed by atoms with van der Waals surface area (Å²) in [5.74, 6) is 0.777. The zero-order valence-corrected chi connectivity index (χ0v) is 15.8. The predicted molar refractivity (Wildman–Crippen MR) is 108 cm³/mol. The molecule has 0 saturated heterocycles. The lowest BCUT2D eigenvalue weighted by molar-refractivity contribution is 0.146. The van der Waals surface area contributed by atoms with Gasteiger partial charge in [0.25, 0.3) is 0 Å². The molecule has 28 heavy (non-hydrogen) atoms. The molecule has 0 aromatic heterocycles. The second-order valence-electron chi connectivity index (χ2n) is 5.69. The molecule has 0 fully saturated rings. The summed E-state index contributed by atoms with van der Waals surface area (Å²) >= 11 is 0. The van der Waals surface area contributed by atoms with Gasteiger partial charge in [0.2, 0.25) is 5.70 Å². The summed E-state index contributed by atoms with van der Waals surface area (Å²) in [5.41, 5.74) is 2.38. The van der Waals surface area contributed by atoms with Crippen molar-refractivity contribution in [1.29, 1.82) is 10.5 Å². The molecule has 0 spiro atoms. The van der Waals surface area contributed by atoms with Crippen molar-refractivity contribution >= 4 is 17.1 Å². The highest BCUT2D eigenvalue weighted by atomic mass is 16.5. The van der Waals surface area contributed by atoms with Crippen LogP contribution in [0.1, 0.15) is 12.5 Å². The molecule has 0 aliphatic rings. The van der Waals surface area contributed by atoms with Crippen molar-refractivity contribution in [2.75, 3.05) is 31.8 Å².